The van der Waals surface area contributed by atoms with E-state index in [0.29, 0.717) is 35.1 Å². The second-order valence-electron chi connectivity index (χ2n) is 7.29. The van der Waals surface area contributed by atoms with E-state index in [4.69, 9.17) is 42.7 Å². The van der Waals surface area contributed by atoms with Crippen molar-refractivity contribution in [1.82, 2.24) is 14.5 Å². The molecule has 3 rings (SSSR count). The normalized spacial score (nSPS) is 15.3. The number of aliphatic carboxylic acids is 1. The first kappa shape index (κ1) is 26.7. The van der Waals surface area contributed by atoms with E-state index >= 15 is 0 Å². The molecular weight excluding hydrogens is 479 g/mol. The first-order valence-corrected chi connectivity index (χ1v) is 10.2. The molecule has 0 spiro atoms. The summed E-state index contributed by atoms with van der Waals surface area (Å²) in [6.07, 6.45) is -4.18. The van der Waals surface area contributed by atoms with Crippen LogP contribution in [0.3, 0.4) is 0 Å². The van der Waals surface area contributed by atoms with Crippen LogP contribution in [-0.4, -0.2) is 65.0 Å². The Balaban J connectivity index is 0.000000509. The van der Waals surface area contributed by atoms with Crippen LogP contribution in [0.1, 0.15) is 6.42 Å². The van der Waals surface area contributed by atoms with E-state index in [1.54, 1.807) is 20.3 Å². The van der Waals surface area contributed by atoms with Gasteiger partial charge in [-0.25, -0.2) is 4.79 Å². The van der Waals surface area contributed by atoms with Gasteiger partial charge in [-0.1, -0.05) is 0 Å². The number of methoxy groups -OCH3 is 2. The number of rotatable bonds is 5. The third-order valence-electron chi connectivity index (χ3n) is 5.03. The molecule has 0 saturated carbocycles. The van der Waals surface area contributed by atoms with Gasteiger partial charge in [-0.3, -0.25) is 15.2 Å². The van der Waals surface area contributed by atoms with E-state index in [9.17, 15) is 18.0 Å². The molecule has 1 aromatic heterocycles. The van der Waals surface area contributed by atoms with Crippen molar-refractivity contribution < 1.29 is 32.5 Å². The highest BCUT2D eigenvalue weighted by Gasteiger charge is 2.38. The fourth-order valence-electron chi connectivity index (χ4n) is 3.39. The maximum atomic E-state index is 12.1. The number of alkyl halides is 3. The van der Waals surface area contributed by atoms with Gasteiger partial charge in [-0.05, 0) is 36.7 Å². The van der Waals surface area contributed by atoms with Gasteiger partial charge in [-0.2, -0.15) is 13.2 Å². The Morgan fingerprint density at radius 2 is 1.97 bits per heavy atom. The SMILES string of the molecule is COc1ccc(-c2cc(=O)[nH]c(=S)n2CC2CCN(C(=N)N)C2)c(OC)c1.O=C(O)C(F)(F)F. The molecule has 0 radical (unpaired) electrons. The highest BCUT2D eigenvalue weighted by atomic mass is 32.1. The van der Waals surface area contributed by atoms with Crippen LogP contribution < -0.4 is 20.8 Å². The van der Waals surface area contributed by atoms with Gasteiger partial charge >= 0.3 is 12.1 Å². The first-order chi connectivity index (χ1) is 15.9. The predicted octanol–water partition coefficient (Wildman–Crippen LogP) is 2.44. The van der Waals surface area contributed by atoms with Crippen molar-refractivity contribution in [3.05, 3.63) is 39.4 Å². The number of aromatic amines is 1. The van der Waals surface area contributed by atoms with Crippen LogP contribution in [0.15, 0.2) is 29.1 Å². The number of aromatic nitrogens is 2. The molecule has 0 aliphatic carbocycles. The van der Waals surface area contributed by atoms with E-state index in [1.807, 2.05) is 21.6 Å². The van der Waals surface area contributed by atoms with Crippen LogP contribution in [0, 0.1) is 16.1 Å². The number of carbonyl (C=O) groups is 1. The smallest absolute Gasteiger partial charge is 0.490 e. The average molecular weight is 504 g/mol. The van der Waals surface area contributed by atoms with Crippen LogP contribution in [0.4, 0.5) is 13.2 Å². The number of ether oxygens (including phenoxy) is 2. The summed E-state index contributed by atoms with van der Waals surface area (Å²) < 4.78 is 44.8. The number of likely N-dealkylation sites (tertiary alicyclic amines) is 1. The predicted molar refractivity (Wildman–Crippen MR) is 120 cm³/mol. The van der Waals surface area contributed by atoms with Gasteiger partial charge in [0.05, 0.1) is 19.9 Å². The Bertz CT molecular complexity index is 1160. The lowest BCUT2D eigenvalue weighted by atomic mass is 10.1. The number of nitrogens with one attached hydrogen (secondary N) is 2. The number of nitrogens with zero attached hydrogens (tertiary/aromatic N) is 2. The number of carboxylic acid groups (broad SMARTS) is 1. The molecule has 1 fully saturated rings. The summed E-state index contributed by atoms with van der Waals surface area (Å²) in [7, 11) is 3.16. The number of guanidine groups is 1. The second-order valence-corrected chi connectivity index (χ2v) is 7.68. The molecule has 2 aromatic rings. The molecule has 1 aromatic carbocycles. The maximum absolute atomic E-state index is 12.1. The average Bonchev–Trinajstić information content (AvgIpc) is 3.24. The highest BCUT2D eigenvalue weighted by Crippen LogP contribution is 2.33. The molecule has 34 heavy (non-hydrogen) atoms. The molecule has 186 valence electrons. The van der Waals surface area contributed by atoms with Crippen LogP contribution in [0.25, 0.3) is 11.3 Å². The number of halogens is 3. The van der Waals surface area contributed by atoms with Gasteiger partial charge in [0, 0.05) is 37.3 Å². The molecule has 5 N–H and O–H groups in total. The lowest BCUT2D eigenvalue weighted by molar-refractivity contribution is -0.192. The minimum absolute atomic E-state index is 0.0830. The summed E-state index contributed by atoms with van der Waals surface area (Å²) in [5.74, 6) is -1.14. The standard InChI is InChI=1S/C18H23N5O3S.C2HF3O2/c1-25-12-3-4-13(15(7-12)26-2)14-8-16(24)21-18(27)23(14)10-11-5-6-22(9-11)17(19)20;3-2(4,5)1(6)7/h3-4,7-8,11H,5-6,9-10H2,1-2H3,(H3,19,20)(H,21,24,27);(H,6,7). The summed E-state index contributed by atoms with van der Waals surface area (Å²) >= 11 is 5.43. The Morgan fingerprint density at radius 3 is 2.47 bits per heavy atom. The molecule has 1 unspecified atom stereocenters. The number of benzene rings is 1. The minimum atomic E-state index is -5.08. The Morgan fingerprint density at radius 1 is 1.32 bits per heavy atom. The van der Waals surface area contributed by atoms with E-state index in [1.165, 1.54) is 6.07 Å². The monoisotopic (exact) mass is 503 g/mol. The summed E-state index contributed by atoms with van der Waals surface area (Å²) in [4.78, 5) is 25.5. The third-order valence-corrected chi connectivity index (χ3v) is 5.35. The van der Waals surface area contributed by atoms with Crippen molar-refractivity contribution in [2.45, 2.75) is 19.1 Å². The van der Waals surface area contributed by atoms with Gasteiger partial charge in [0.2, 0.25) is 0 Å². The van der Waals surface area contributed by atoms with Crippen molar-refractivity contribution in [1.29, 1.82) is 5.41 Å². The number of hydrogen-bond acceptors (Lipinski definition) is 6. The molecule has 1 aliphatic heterocycles. The van der Waals surface area contributed by atoms with Crippen molar-refractivity contribution >= 4 is 24.1 Å². The number of nitrogens with two attached hydrogens (primary N) is 1. The zero-order valence-corrected chi connectivity index (χ0v) is 19.1. The minimum Gasteiger partial charge on any atom is -0.497 e. The zero-order valence-electron chi connectivity index (χ0n) is 18.3. The van der Waals surface area contributed by atoms with E-state index in [-0.39, 0.29) is 17.4 Å². The summed E-state index contributed by atoms with van der Waals surface area (Å²) in [5.41, 5.74) is 6.78. The number of carboxylic acids is 1. The Kier molecular flexibility index (Phi) is 8.68. The molecular formula is C20H24F3N5O5S. The van der Waals surface area contributed by atoms with E-state index in [2.05, 4.69) is 4.98 Å². The maximum Gasteiger partial charge on any atom is 0.490 e. The van der Waals surface area contributed by atoms with Gasteiger partial charge in [-0.15, -0.1) is 0 Å². The van der Waals surface area contributed by atoms with Gasteiger partial charge in [0.15, 0.2) is 10.7 Å². The lowest BCUT2D eigenvalue weighted by Crippen LogP contribution is -2.34. The van der Waals surface area contributed by atoms with Crippen molar-refractivity contribution in [3.8, 4) is 22.8 Å². The fourth-order valence-corrected chi connectivity index (χ4v) is 3.67. The zero-order chi connectivity index (χ0) is 25.6. The van der Waals surface area contributed by atoms with Gasteiger partial charge < -0.3 is 29.8 Å². The topological polar surface area (TPSA) is 147 Å². The van der Waals surface area contributed by atoms with Crippen molar-refractivity contribution in [2.24, 2.45) is 11.7 Å². The van der Waals surface area contributed by atoms with Crippen LogP contribution in [0.2, 0.25) is 0 Å². The van der Waals surface area contributed by atoms with E-state index < -0.39 is 12.1 Å². The Labute approximate surface area is 197 Å². The quantitative estimate of drug-likeness (QED) is 0.276. The first-order valence-electron chi connectivity index (χ1n) is 9.83. The van der Waals surface area contributed by atoms with Crippen molar-refractivity contribution in [2.75, 3.05) is 27.3 Å². The molecule has 14 heteroatoms. The van der Waals surface area contributed by atoms with Crippen LogP contribution in [-0.2, 0) is 11.3 Å². The summed E-state index contributed by atoms with van der Waals surface area (Å²) in [6.45, 7) is 2.05. The molecule has 1 atom stereocenters. The fraction of sp³-hybridized carbons (Fsp3) is 0.400. The van der Waals surface area contributed by atoms with Crippen LogP contribution in [0.5, 0.6) is 11.5 Å². The summed E-state index contributed by atoms with van der Waals surface area (Å²) in [5, 5.41) is 14.7. The molecule has 0 bridgehead atoms. The Hall–Kier alpha value is -3.55. The molecule has 1 saturated heterocycles. The van der Waals surface area contributed by atoms with Crippen molar-refractivity contribution in [3.63, 3.8) is 0 Å². The number of H-pyrrole nitrogens is 1. The highest BCUT2D eigenvalue weighted by molar-refractivity contribution is 7.71. The second kappa shape index (κ2) is 11.0. The number of hydrogen-bond donors (Lipinski definition) is 4. The van der Waals surface area contributed by atoms with Crippen LogP contribution >= 0.6 is 12.2 Å². The van der Waals surface area contributed by atoms with E-state index in [0.717, 1.165) is 18.5 Å². The van der Waals surface area contributed by atoms with Gasteiger partial charge in [0.1, 0.15) is 11.5 Å². The molecule has 0 amide bonds. The largest absolute Gasteiger partial charge is 0.497 e. The summed E-state index contributed by atoms with van der Waals surface area (Å²) in [6, 6.07) is 6.97. The molecule has 2 heterocycles. The third kappa shape index (κ3) is 6.73. The van der Waals surface area contributed by atoms with Gasteiger partial charge in [0.25, 0.3) is 5.56 Å². The molecule has 1 aliphatic rings. The molecule has 10 nitrogen and oxygen atoms in total. The lowest BCUT2D eigenvalue weighted by Gasteiger charge is -2.20.